The molecule has 4 unspecified atom stereocenters. The molecule has 0 saturated carbocycles. The summed E-state index contributed by atoms with van der Waals surface area (Å²) in [6, 6.07) is 0. The number of carboxylic acid groups (broad SMARTS) is 1. The molecule has 0 aromatic rings. The minimum atomic E-state index is -1.02. The number of ether oxygens (including phenoxy) is 1. The summed E-state index contributed by atoms with van der Waals surface area (Å²) < 4.78 is 4.81. The molecule has 0 radical (unpaired) electrons. The van der Waals surface area contributed by atoms with Crippen molar-refractivity contribution in [1.82, 2.24) is 0 Å². The molecule has 2 rings (SSSR count). The van der Waals surface area contributed by atoms with Gasteiger partial charge in [0, 0.05) is 17.1 Å². The van der Waals surface area contributed by atoms with E-state index in [-0.39, 0.29) is 29.2 Å². The van der Waals surface area contributed by atoms with E-state index < -0.39 is 18.0 Å². The van der Waals surface area contributed by atoms with E-state index in [1.165, 1.54) is 13.2 Å². The zero-order valence-electron chi connectivity index (χ0n) is 12.6. The number of fused-ring (bicyclic) bond motifs is 1. The van der Waals surface area contributed by atoms with E-state index in [1.54, 1.807) is 6.08 Å². The Morgan fingerprint density at radius 3 is 2.48 bits per heavy atom. The van der Waals surface area contributed by atoms with Crippen LogP contribution in [0.25, 0.3) is 0 Å². The molecule has 5 heteroatoms. The fraction of sp³-hybridized carbons (Fsp3) is 0.625. The maximum atomic E-state index is 11.9. The number of esters is 1. The van der Waals surface area contributed by atoms with Gasteiger partial charge in [-0.25, -0.2) is 9.59 Å². The molecule has 2 aliphatic rings. The van der Waals surface area contributed by atoms with Crippen LogP contribution in [0.3, 0.4) is 0 Å². The number of hydrogen-bond donors (Lipinski definition) is 2. The van der Waals surface area contributed by atoms with Gasteiger partial charge in [-0.1, -0.05) is 19.9 Å². The second-order valence-corrected chi connectivity index (χ2v) is 6.16. The number of rotatable bonds is 3. The quantitative estimate of drug-likeness (QED) is 0.775. The molecule has 2 aliphatic carbocycles. The average molecular weight is 294 g/mol. The van der Waals surface area contributed by atoms with Crippen molar-refractivity contribution in [2.24, 2.45) is 23.7 Å². The maximum Gasteiger partial charge on any atom is 0.333 e. The smallest absolute Gasteiger partial charge is 0.333 e. The lowest BCUT2D eigenvalue weighted by Crippen LogP contribution is -2.27. The number of hydrogen-bond acceptors (Lipinski definition) is 4. The molecule has 0 aliphatic heterocycles. The summed E-state index contributed by atoms with van der Waals surface area (Å²) in [4.78, 5) is 23.4. The number of aliphatic hydroxyl groups excluding tert-OH is 1. The van der Waals surface area contributed by atoms with Crippen LogP contribution >= 0.6 is 0 Å². The van der Waals surface area contributed by atoms with Crippen molar-refractivity contribution >= 4 is 11.9 Å². The Morgan fingerprint density at radius 2 is 1.95 bits per heavy atom. The van der Waals surface area contributed by atoms with Crippen molar-refractivity contribution < 1.29 is 24.5 Å². The van der Waals surface area contributed by atoms with Crippen LogP contribution < -0.4 is 0 Å². The Morgan fingerprint density at radius 1 is 1.29 bits per heavy atom. The molecule has 0 amide bonds. The van der Waals surface area contributed by atoms with E-state index in [9.17, 15) is 19.8 Å². The lowest BCUT2D eigenvalue weighted by molar-refractivity contribution is -0.137. The molecule has 0 spiro atoms. The summed E-state index contributed by atoms with van der Waals surface area (Å²) >= 11 is 0. The van der Waals surface area contributed by atoms with Gasteiger partial charge in [-0.05, 0) is 36.7 Å². The minimum absolute atomic E-state index is 0.0690. The van der Waals surface area contributed by atoms with E-state index >= 15 is 0 Å². The van der Waals surface area contributed by atoms with E-state index in [0.29, 0.717) is 18.4 Å². The van der Waals surface area contributed by atoms with Gasteiger partial charge < -0.3 is 14.9 Å². The number of aliphatic hydroxyl groups is 1. The minimum Gasteiger partial charge on any atom is -0.478 e. The van der Waals surface area contributed by atoms with Gasteiger partial charge >= 0.3 is 11.9 Å². The molecule has 5 nitrogen and oxygen atoms in total. The fourth-order valence-electron chi connectivity index (χ4n) is 3.53. The maximum absolute atomic E-state index is 11.9. The highest BCUT2D eigenvalue weighted by Gasteiger charge is 2.43. The van der Waals surface area contributed by atoms with Gasteiger partial charge in [0.25, 0.3) is 0 Å². The second-order valence-electron chi connectivity index (χ2n) is 6.16. The van der Waals surface area contributed by atoms with Crippen molar-refractivity contribution in [1.29, 1.82) is 0 Å². The predicted molar refractivity (Wildman–Crippen MR) is 76.4 cm³/mol. The summed E-state index contributed by atoms with van der Waals surface area (Å²) in [6.45, 7) is 4.00. The Bertz CT molecular complexity index is 503. The summed E-state index contributed by atoms with van der Waals surface area (Å²) in [5.41, 5.74) is 0.764. The average Bonchev–Trinajstić information content (AvgIpc) is 2.76. The summed E-state index contributed by atoms with van der Waals surface area (Å²) in [6.07, 6.45) is 3.56. The number of carboxylic acids is 1. The van der Waals surface area contributed by atoms with Crippen molar-refractivity contribution in [2.75, 3.05) is 7.11 Å². The third kappa shape index (κ3) is 2.88. The van der Waals surface area contributed by atoms with Crippen molar-refractivity contribution in [2.45, 2.75) is 32.8 Å². The Hall–Kier alpha value is -1.62. The molecule has 116 valence electrons. The monoisotopic (exact) mass is 294 g/mol. The molecule has 0 saturated heterocycles. The number of carbonyl (C=O) groups excluding carboxylic acids is 1. The number of allylic oxidation sites excluding steroid dienone is 1. The van der Waals surface area contributed by atoms with Crippen LogP contribution in [0, 0.1) is 23.7 Å². The fourth-order valence-corrected chi connectivity index (χ4v) is 3.53. The second kappa shape index (κ2) is 6.02. The van der Waals surface area contributed by atoms with Crippen LogP contribution in [0.2, 0.25) is 0 Å². The van der Waals surface area contributed by atoms with Crippen LogP contribution in [-0.2, 0) is 14.3 Å². The van der Waals surface area contributed by atoms with Crippen molar-refractivity contribution in [3.05, 3.63) is 23.3 Å². The third-order valence-electron chi connectivity index (χ3n) is 4.72. The number of aliphatic carboxylic acids is 1. The largest absolute Gasteiger partial charge is 0.478 e. The topological polar surface area (TPSA) is 83.8 Å². The molecule has 0 fully saturated rings. The molecular formula is C16H22O5. The summed E-state index contributed by atoms with van der Waals surface area (Å²) in [5, 5.41) is 19.7. The molecular weight excluding hydrogens is 272 g/mol. The van der Waals surface area contributed by atoms with Crippen LogP contribution in [0.15, 0.2) is 23.3 Å². The Kier molecular flexibility index (Phi) is 4.52. The zero-order valence-corrected chi connectivity index (χ0v) is 12.6. The van der Waals surface area contributed by atoms with Crippen LogP contribution in [0.1, 0.15) is 26.7 Å². The highest BCUT2D eigenvalue weighted by atomic mass is 16.5. The Balaban J connectivity index is 2.40. The number of methoxy groups -OCH3 is 1. The highest BCUT2D eigenvalue weighted by Crippen LogP contribution is 2.45. The third-order valence-corrected chi connectivity index (χ3v) is 4.72. The molecule has 0 heterocycles. The van der Waals surface area contributed by atoms with Gasteiger partial charge in [0.1, 0.15) is 0 Å². The van der Waals surface area contributed by atoms with E-state index in [4.69, 9.17) is 4.74 Å². The lowest BCUT2D eigenvalue weighted by atomic mass is 9.78. The van der Waals surface area contributed by atoms with Gasteiger partial charge in [0.15, 0.2) is 0 Å². The molecule has 0 aromatic heterocycles. The van der Waals surface area contributed by atoms with Gasteiger partial charge in [0.2, 0.25) is 0 Å². The van der Waals surface area contributed by atoms with Crippen LogP contribution in [0.4, 0.5) is 0 Å². The van der Waals surface area contributed by atoms with Gasteiger partial charge in [-0.2, -0.15) is 0 Å². The number of carbonyl (C=O) groups is 2. The summed E-state index contributed by atoms with van der Waals surface area (Å²) in [5.74, 6) is -1.73. The van der Waals surface area contributed by atoms with E-state index in [1.807, 2.05) is 13.8 Å². The molecule has 21 heavy (non-hydrogen) atoms. The van der Waals surface area contributed by atoms with Gasteiger partial charge in [-0.15, -0.1) is 0 Å². The lowest BCUT2D eigenvalue weighted by Gasteiger charge is -2.27. The standard InChI is InChI=1S/C16H22O5/c1-8(2)11-6-12-9(4-5-10(12)16(20)21-3)13(15(18)19)7-14(11)17/h5,7-9,11-12,14,17H,4,6H2,1-3H3,(H,18,19). The van der Waals surface area contributed by atoms with Gasteiger partial charge in [0.05, 0.1) is 13.2 Å². The van der Waals surface area contributed by atoms with Crippen LogP contribution in [0.5, 0.6) is 0 Å². The molecule has 0 aromatic carbocycles. The first-order chi connectivity index (χ1) is 9.86. The molecule has 4 atom stereocenters. The first-order valence-corrected chi connectivity index (χ1v) is 7.28. The van der Waals surface area contributed by atoms with E-state index in [2.05, 4.69) is 0 Å². The molecule has 0 bridgehead atoms. The normalized spacial score (nSPS) is 32.0. The Labute approximate surface area is 124 Å². The van der Waals surface area contributed by atoms with Crippen LogP contribution in [-0.4, -0.2) is 35.4 Å². The van der Waals surface area contributed by atoms with Crippen molar-refractivity contribution in [3.63, 3.8) is 0 Å². The summed E-state index contributed by atoms with van der Waals surface area (Å²) in [7, 11) is 1.33. The van der Waals surface area contributed by atoms with Gasteiger partial charge in [-0.3, -0.25) is 0 Å². The van der Waals surface area contributed by atoms with Crippen molar-refractivity contribution in [3.8, 4) is 0 Å². The molecule has 2 N–H and O–H groups in total. The van der Waals surface area contributed by atoms with E-state index in [0.717, 1.165) is 0 Å². The predicted octanol–water partition coefficient (Wildman–Crippen LogP) is 1.77. The SMILES string of the molecule is COC(=O)C1=CCC2C(C(=O)O)=CC(O)C(C(C)C)CC12. The zero-order chi connectivity index (χ0) is 15.7. The first-order valence-electron chi connectivity index (χ1n) is 7.28. The first kappa shape index (κ1) is 15.8. The highest BCUT2D eigenvalue weighted by molar-refractivity contribution is 5.92.